The molecule has 0 bridgehead atoms. The van der Waals surface area contributed by atoms with Gasteiger partial charge in [0.1, 0.15) is 11.5 Å². The second-order valence-electron chi connectivity index (χ2n) is 6.56. The average molecular weight is 352 g/mol. The number of aromatic nitrogens is 1. The van der Waals surface area contributed by atoms with E-state index in [-0.39, 0.29) is 18.3 Å². The minimum Gasteiger partial charge on any atom is -0.508 e. The summed E-state index contributed by atoms with van der Waals surface area (Å²) in [4.78, 5) is 12.0. The number of carbonyl (C=O) groups is 1. The molecule has 3 rings (SSSR count). The molecule has 0 fully saturated rings. The van der Waals surface area contributed by atoms with Crippen LogP contribution in [0.1, 0.15) is 25.5 Å². The van der Waals surface area contributed by atoms with Gasteiger partial charge in [-0.25, -0.2) is 0 Å². The van der Waals surface area contributed by atoms with Gasteiger partial charge in [-0.05, 0) is 56.2 Å². The van der Waals surface area contributed by atoms with E-state index >= 15 is 0 Å². The first-order chi connectivity index (χ1) is 12.5. The lowest BCUT2D eigenvalue weighted by atomic mass is 10.1. The topological polar surface area (TPSA) is 63.5 Å². The molecule has 0 unspecified atom stereocenters. The Morgan fingerprint density at radius 1 is 1.15 bits per heavy atom. The number of ether oxygens (including phenoxy) is 1. The van der Waals surface area contributed by atoms with Crippen molar-refractivity contribution in [3.63, 3.8) is 0 Å². The molecule has 0 saturated heterocycles. The first kappa shape index (κ1) is 17.9. The maximum atomic E-state index is 12.0. The number of carbonyl (C=O) groups excluding carboxylic acids is 1. The molecule has 136 valence electrons. The zero-order valence-corrected chi connectivity index (χ0v) is 15.1. The van der Waals surface area contributed by atoms with Crippen LogP contribution in [0.5, 0.6) is 11.5 Å². The predicted octanol–water partition coefficient (Wildman–Crippen LogP) is 3.67. The van der Waals surface area contributed by atoms with Crippen molar-refractivity contribution >= 4 is 16.8 Å². The van der Waals surface area contributed by atoms with Crippen LogP contribution in [0.15, 0.2) is 54.7 Å². The Labute approximate surface area is 153 Å². The quantitative estimate of drug-likeness (QED) is 0.682. The molecule has 5 nitrogen and oxygen atoms in total. The van der Waals surface area contributed by atoms with E-state index in [1.54, 1.807) is 12.1 Å². The Balaban J connectivity index is 1.53. The van der Waals surface area contributed by atoms with Gasteiger partial charge in [0.05, 0.1) is 5.52 Å². The van der Waals surface area contributed by atoms with Crippen molar-refractivity contribution in [3.8, 4) is 11.5 Å². The molecule has 0 aliphatic carbocycles. The van der Waals surface area contributed by atoms with Gasteiger partial charge in [0.25, 0.3) is 5.91 Å². The highest BCUT2D eigenvalue weighted by Gasteiger charge is 2.10. The van der Waals surface area contributed by atoms with Gasteiger partial charge >= 0.3 is 0 Å². The molecule has 5 heteroatoms. The van der Waals surface area contributed by atoms with Gasteiger partial charge in [-0.3, -0.25) is 4.79 Å². The van der Waals surface area contributed by atoms with Crippen LogP contribution >= 0.6 is 0 Å². The molecular formula is C21H24N2O3. The largest absolute Gasteiger partial charge is 0.508 e. The number of nitrogens with one attached hydrogen (secondary N) is 1. The van der Waals surface area contributed by atoms with E-state index in [1.165, 1.54) is 0 Å². The molecule has 0 atom stereocenters. The van der Waals surface area contributed by atoms with E-state index < -0.39 is 0 Å². The van der Waals surface area contributed by atoms with E-state index in [0.29, 0.717) is 19.0 Å². The maximum Gasteiger partial charge on any atom is 0.257 e. The Morgan fingerprint density at radius 2 is 1.92 bits per heavy atom. The third-order valence-electron chi connectivity index (χ3n) is 4.31. The van der Waals surface area contributed by atoms with Gasteiger partial charge < -0.3 is 19.7 Å². The molecule has 0 aliphatic rings. The Bertz CT molecular complexity index is 882. The average Bonchev–Trinajstić information content (AvgIpc) is 3.06. The molecule has 3 aromatic rings. The maximum absolute atomic E-state index is 12.0. The molecule has 0 aliphatic heterocycles. The molecule has 1 heterocycles. The van der Waals surface area contributed by atoms with E-state index in [1.807, 2.05) is 36.5 Å². The van der Waals surface area contributed by atoms with Gasteiger partial charge in [-0.1, -0.05) is 18.2 Å². The van der Waals surface area contributed by atoms with E-state index in [2.05, 4.69) is 29.8 Å². The number of aromatic hydroxyl groups is 1. The van der Waals surface area contributed by atoms with Gasteiger partial charge in [0, 0.05) is 24.2 Å². The number of benzene rings is 2. The van der Waals surface area contributed by atoms with Crippen LogP contribution in [0.4, 0.5) is 0 Å². The normalized spacial score (nSPS) is 11.0. The Hall–Kier alpha value is -2.95. The molecule has 1 amide bonds. The minimum atomic E-state index is -0.149. The van der Waals surface area contributed by atoms with Crippen molar-refractivity contribution in [2.75, 3.05) is 13.2 Å². The number of rotatable bonds is 7. The number of fused-ring (bicyclic) bond motifs is 1. The molecule has 0 spiro atoms. The number of hydrogen-bond acceptors (Lipinski definition) is 3. The monoisotopic (exact) mass is 352 g/mol. The second kappa shape index (κ2) is 7.95. The fraction of sp³-hybridized carbons (Fsp3) is 0.286. The fourth-order valence-corrected chi connectivity index (χ4v) is 2.94. The summed E-state index contributed by atoms with van der Waals surface area (Å²) in [5.41, 5.74) is 2.16. The lowest BCUT2D eigenvalue weighted by Crippen LogP contribution is -2.30. The standard InChI is InChI=1S/C21H24N2O3/c1-15(2)23-13-11-18-19(23)4-3-5-20(18)26-14-21(25)22-12-10-16-6-8-17(24)9-7-16/h3-9,11,13,15,24H,10,12,14H2,1-2H3,(H,22,25). The summed E-state index contributed by atoms with van der Waals surface area (Å²) in [5.74, 6) is 0.811. The molecule has 0 saturated carbocycles. The van der Waals surface area contributed by atoms with Crippen molar-refractivity contribution in [2.24, 2.45) is 0 Å². The zero-order chi connectivity index (χ0) is 18.5. The number of phenolic OH excluding ortho intramolecular Hbond substituents is 1. The van der Waals surface area contributed by atoms with Crippen molar-refractivity contribution in [1.29, 1.82) is 0 Å². The summed E-state index contributed by atoms with van der Waals surface area (Å²) in [6, 6.07) is 15.2. The number of amides is 1. The minimum absolute atomic E-state index is 0.0124. The van der Waals surface area contributed by atoms with Gasteiger partial charge in [-0.15, -0.1) is 0 Å². The van der Waals surface area contributed by atoms with Crippen LogP contribution in [0.2, 0.25) is 0 Å². The summed E-state index contributed by atoms with van der Waals surface area (Å²) in [7, 11) is 0. The zero-order valence-electron chi connectivity index (χ0n) is 15.1. The summed E-state index contributed by atoms with van der Waals surface area (Å²) < 4.78 is 7.91. The summed E-state index contributed by atoms with van der Waals surface area (Å²) >= 11 is 0. The molecule has 0 radical (unpaired) electrons. The fourth-order valence-electron chi connectivity index (χ4n) is 2.94. The number of hydrogen-bond donors (Lipinski definition) is 2. The molecule has 2 aromatic carbocycles. The highest BCUT2D eigenvalue weighted by Crippen LogP contribution is 2.28. The predicted molar refractivity (Wildman–Crippen MR) is 103 cm³/mol. The Morgan fingerprint density at radius 3 is 2.65 bits per heavy atom. The van der Waals surface area contributed by atoms with Crippen LogP contribution in [0, 0.1) is 0 Å². The second-order valence-corrected chi connectivity index (χ2v) is 6.56. The number of nitrogens with zero attached hydrogens (tertiary/aromatic N) is 1. The summed E-state index contributed by atoms with van der Waals surface area (Å²) in [5, 5.41) is 13.1. The van der Waals surface area contributed by atoms with E-state index in [9.17, 15) is 9.90 Å². The van der Waals surface area contributed by atoms with E-state index in [0.717, 1.165) is 22.2 Å². The van der Waals surface area contributed by atoms with Crippen LogP contribution in [0.25, 0.3) is 10.9 Å². The SMILES string of the molecule is CC(C)n1ccc2c(OCC(=O)NCCc3ccc(O)cc3)cccc21. The van der Waals surface area contributed by atoms with E-state index in [4.69, 9.17) is 4.74 Å². The van der Waals surface area contributed by atoms with Crippen molar-refractivity contribution in [1.82, 2.24) is 9.88 Å². The third-order valence-corrected chi connectivity index (χ3v) is 4.31. The third kappa shape index (κ3) is 4.17. The van der Waals surface area contributed by atoms with Crippen LogP contribution in [-0.2, 0) is 11.2 Å². The Kier molecular flexibility index (Phi) is 5.46. The van der Waals surface area contributed by atoms with Crippen LogP contribution in [-0.4, -0.2) is 28.7 Å². The summed E-state index contributed by atoms with van der Waals surface area (Å²) in [6.07, 6.45) is 2.75. The van der Waals surface area contributed by atoms with Crippen molar-refractivity contribution < 1.29 is 14.6 Å². The van der Waals surface area contributed by atoms with Gasteiger partial charge in [0.15, 0.2) is 6.61 Å². The smallest absolute Gasteiger partial charge is 0.257 e. The lowest BCUT2D eigenvalue weighted by Gasteiger charge is -2.11. The first-order valence-electron chi connectivity index (χ1n) is 8.81. The molecule has 26 heavy (non-hydrogen) atoms. The highest BCUT2D eigenvalue weighted by atomic mass is 16.5. The molecular weight excluding hydrogens is 328 g/mol. The van der Waals surface area contributed by atoms with Crippen LogP contribution in [0.3, 0.4) is 0 Å². The number of phenols is 1. The van der Waals surface area contributed by atoms with Crippen molar-refractivity contribution in [3.05, 3.63) is 60.3 Å². The molecule has 2 N–H and O–H groups in total. The first-order valence-corrected chi connectivity index (χ1v) is 8.81. The lowest BCUT2D eigenvalue weighted by molar-refractivity contribution is -0.123. The van der Waals surface area contributed by atoms with Crippen molar-refractivity contribution in [2.45, 2.75) is 26.3 Å². The van der Waals surface area contributed by atoms with Crippen LogP contribution < -0.4 is 10.1 Å². The van der Waals surface area contributed by atoms with Gasteiger partial charge in [-0.2, -0.15) is 0 Å². The highest BCUT2D eigenvalue weighted by molar-refractivity contribution is 5.87. The van der Waals surface area contributed by atoms with Gasteiger partial charge in [0.2, 0.25) is 0 Å². The summed E-state index contributed by atoms with van der Waals surface area (Å²) in [6.45, 7) is 4.78. The molecule has 1 aromatic heterocycles.